The summed E-state index contributed by atoms with van der Waals surface area (Å²) in [6.45, 7) is 1.87. The Balaban J connectivity index is 1.97. The number of carbonyl (C=O) groups is 2. The summed E-state index contributed by atoms with van der Waals surface area (Å²) in [5.41, 5.74) is 1.55. The van der Waals surface area contributed by atoms with Crippen molar-refractivity contribution in [2.75, 3.05) is 20.0 Å². The zero-order valence-corrected chi connectivity index (χ0v) is 16.6. The fraction of sp³-hybridized carbons (Fsp3) is 0.294. The molecule has 2 amide bonds. The van der Waals surface area contributed by atoms with Crippen molar-refractivity contribution in [2.45, 2.75) is 17.3 Å². The minimum absolute atomic E-state index is 0.346. The SMILES string of the molecule is COC(=O)C1=C(CSc2nnc(C)s2)NC(=O)N[C@@H]1c1cccc(OC)c1. The van der Waals surface area contributed by atoms with E-state index in [9.17, 15) is 9.59 Å². The number of esters is 1. The van der Waals surface area contributed by atoms with E-state index in [1.54, 1.807) is 25.3 Å². The molecule has 8 nitrogen and oxygen atoms in total. The largest absolute Gasteiger partial charge is 0.497 e. The van der Waals surface area contributed by atoms with E-state index in [1.165, 1.54) is 30.2 Å². The van der Waals surface area contributed by atoms with Gasteiger partial charge in [-0.25, -0.2) is 9.59 Å². The molecule has 1 aliphatic rings. The third-order valence-electron chi connectivity index (χ3n) is 3.83. The van der Waals surface area contributed by atoms with E-state index >= 15 is 0 Å². The first-order chi connectivity index (χ1) is 13.0. The van der Waals surface area contributed by atoms with E-state index in [-0.39, 0.29) is 6.03 Å². The van der Waals surface area contributed by atoms with Gasteiger partial charge in [0.25, 0.3) is 0 Å². The van der Waals surface area contributed by atoms with Crippen molar-refractivity contribution in [3.8, 4) is 5.75 Å². The number of urea groups is 1. The topological polar surface area (TPSA) is 102 Å². The Bertz CT molecular complexity index is 897. The van der Waals surface area contributed by atoms with Crippen LogP contribution in [0.2, 0.25) is 0 Å². The van der Waals surface area contributed by atoms with Crippen LogP contribution in [0.15, 0.2) is 39.9 Å². The fourth-order valence-corrected chi connectivity index (χ4v) is 4.41. The number of amides is 2. The number of benzene rings is 1. The molecule has 1 atom stereocenters. The lowest BCUT2D eigenvalue weighted by Crippen LogP contribution is -2.46. The first-order valence-electron chi connectivity index (χ1n) is 7.97. The molecule has 2 aromatic rings. The van der Waals surface area contributed by atoms with Crippen LogP contribution in [0.4, 0.5) is 4.79 Å². The van der Waals surface area contributed by atoms with Crippen molar-refractivity contribution < 1.29 is 19.1 Å². The van der Waals surface area contributed by atoms with E-state index in [2.05, 4.69) is 20.8 Å². The number of rotatable bonds is 6. The van der Waals surface area contributed by atoms with Crippen molar-refractivity contribution in [1.82, 2.24) is 20.8 Å². The first-order valence-corrected chi connectivity index (χ1v) is 9.77. The van der Waals surface area contributed by atoms with Crippen molar-refractivity contribution >= 4 is 35.1 Å². The van der Waals surface area contributed by atoms with Crippen molar-refractivity contribution in [3.63, 3.8) is 0 Å². The van der Waals surface area contributed by atoms with Crippen LogP contribution >= 0.6 is 23.1 Å². The summed E-state index contributed by atoms with van der Waals surface area (Å²) in [4.78, 5) is 24.7. The maximum absolute atomic E-state index is 12.5. The molecule has 0 radical (unpaired) electrons. The number of carbonyl (C=O) groups excluding carboxylic acids is 2. The summed E-state index contributed by atoms with van der Waals surface area (Å²) in [6, 6.07) is 6.16. The number of thioether (sulfide) groups is 1. The van der Waals surface area contributed by atoms with Crippen LogP contribution in [0.5, 0.6) is 5.75 Å². The molecule has 2 N–H and O–H groups in total. The Labute approximate surface area is 164 Å². The summed E-state index contributed by atoms with van der Waals surface area (Å²) in [5, 5.41) is 14.4. The van der Waals surface area contributed by atoms with Crippen molar-refractivity contribution in [3.05, 3.63) is 46.1 Å². The fourth-order valence-electron chi connectivity index (χ4n) is 2.62. The molecule has 0 spiro atoms. The number of aryl methyl sites for hydroxylation is 1. The molecular formula is C17H18N4O4S2. The molecule has 3 rings (SSSR count). The van der Waals surface area contributed by atoms with Gasteiger partial charge in [0.1, 0.15) is 10.8 Å². The highest BCUT2D eigenvalue weighted by molar-refractivity contribution is 8.01. The van der Waals surface area contributed by atoms with Crippen LogP contribution in [0.1, 0.15) is 16.6 Å². The molecule has 27 heavy (non-hydrogen) atoms. The minimum Gasteiger partial charge on any atom is -0.497 e. The number of aromatic nitrogens is 2. The van der Waals surface area contributed by atoms with E-state index in [1.807, 2.05) is 13.0 Å². The standard InChI is InChI=1S/C17H18N4O4S2/c1-9-20-21-17(27-9)26-8-12-13(15(22)25-3)14(19-16(23)18-12)10-5-4-6-11(7-10)24-2/h4-7,14H,8H2,1-3H3,(H2,18,19,23)/t14-/m1/s1. The molecule has 1 aromatic carbocycles. The molecule has 1 aliphatic heterocycles. The zero-order chi connectivity index (χ0) is 19.4. The second-order valence-electron chi connectivity index (χ2n) is 5.57. The Hall–Kier alpha value is -2.59. The number of hydrogen-bond acceptors (Lipinski definition) is 8. The first kappa shape index (κ1) is 19.2. The zero-order valence-electron chi connectivity index (χ0n) is 14.9. The molecule has 0 saturated carbocycles. The molecule has 1 aromatic heterocycles. The maximum atomic E-state index is 12.5. The average molecular weight is 406 g/mol. The van der Waals surface area contributed by atoms with Gasteiger partial charge in [0.05, 0.1) is 25.8 Å². The van der Waals surface area contributed by atoms with Gasteiger partial charge < -0.3 is 20.1 Å². The number of nitrogens with one attached hydrogen (secondary N) is 2. The van der Waals surface area contributed by atoms with Crippen LogP contribution in [0.3, 0.4) is 0 Å². The van der Waals surface area contributed by atoms with Gasteiger partial charge in [-0.1, -0.05) is 35.2 Å². The molecule has 142 valence electrons. The van der Waals surface area contributed by atoms with Crippen LogP contribution in [-0.4, -0.2) is 42.2 Å². The van der Waals surface area contributed by atoms with Gasteiger partial charge in [0, 0.05) is 11.4 Å². The normalized spacial score (nSPS) is 16.6. The van der Waals surface area contributed by atoms with E-state index < -0.39 is 12.0 Å². The molecule has 0 fully saturated rings. The Morgan fingerprint density at radius 3 is 2.81 bits per heavy atom. The Kier molecular flexibility index (Phi) is 5.97. The lowest BCUT2D eigenvalue weighted by molar-refractivity contribution is -0.136. The third-order valence-corrected chi connectivity index (χ3v) is 5.83. The quantitative estimate of drug-likeness (QED) is 0.561. The molecular weight excluding hydrogens is 388 g/mol. The van der Waals surface area contributed by atoms with Crippen molar-refractivity contribution in [1.29, 1.82) is 0 Å². The van der Waals surface area contributed by atoms with Gasteiger partial charge >= 0.3 is 12.0 Å². The molecule has 2 heterocycles. The predicted molar refractivity (Wildman–Crippen MR) is 102 cm³/mol. The summed E-state index contributed by atoms with van der Waals surface area (Å²) >= 11 is 2.85. The lowest BCUT2D eigenvalue weighted by Gasteiger charge is -2.29. The van der Waals surface area contributed by atoms with Gasteiger partial charge in [0.15, 0.2) is 4.34 Å². The summed E-state index contributed by atoms with van der Waals surface area (Å²) in [7, 11) is 2.87. The minimum atomic E-state index is -0.645. The smallest absolute Gasteiger partial charge is 0.338 e. The number of hydrogen-bond donors (Lipinski definition) is 2. The highest BCUT2D eigenvalue weighted by Crippen LogP contribution is 2.32. The van der Waals surface area contributed by atoms with Gasteiger partial charge in [-0.15, -0.1) is 10.2 Å². The third kappa shape index (κ3) is 4.40. The molecule has 0 unspecified atom stereocenters. The van der Waals surface area contributed by atoms with Gasteiger partial charge in [0.2, 0.25) is 0 Å². The average Bonchev–Trinajstić information content (AvgIpc) is 3.10. The maximum Gasteiger partial charge on any atom is 0.338 e. The van der Waals surface area contributed by atoms with Crippen LogP contribution in [0.25, 0.3) is 0 Å². The molecule has 0 saturated heterocycles. The van der Waals surface area contributed by atoms with Gasteiger partial charge in [-0.3, -0.25) is 0 Å². The summed E-state index contributed by atoms with van der Waals surface area (Å²) in [5.74, 6) is 0.469. The van der Waals surface area contributed by atoms with E-state index in [0.717, 1.165) is 14.9 Å². The highest BCUT2D eigenvalue weighted by Gasteiger charge is 2.33. The molecule has 0 aliphatic carbocycles. The monoisotopic (exact) mass is 406 g/mol. The second-order valence-corrected chi connectivity index (χ2v) is 7.97. The summed E-state index contributed by atoms with van der Waals surface area (Å²) < 4.78 is 11.0. The Morgan fingerprint density at radius 1 is 1.33 bits per heavy atom. The van der Waals surface area contributed by atoms with E-state index in [4.69, 9.17) is 9.47 Å². The van der Waals surface area contributed by atoms with Crippen LogP contribution < -0.4 is 15.4 Å². The Morgan fingerprint density at radius 2 is 2.15 bits per heavy atom. The predicted octanol–water partition coefficient (Wildman–Crippen LogP) is 2.43. The van der Waals surface area contributed by atoms with Crippen molar-refractivity contribution in [2.24, 2.45) is 0 Å². The lowest BCUT2D eigenvalue weighted by atomic mass is 9.95. The van der Waals surface area contributed by atoms with Crippen LogP contribution in [0, 0.1) is 6.92 Å². The number of ether oxygens (including phenoxy) is 2. The van der Waals surface area contributed by atoms with E-state index in [0.29, 0.717) is 22.8 Å². The number of methoxy groups -OCH3 is 2. The van der Waals surface area contributed by atoms with Gasteiger partial charge in [-0.2, -0.15) is 0 Å². The second kappa shape index (κ2) is 8.40. The molecule has 0 bridgehead atoms. The number of nitrogens with zero attached hydrogens (tertiary/aromatic N) is 2. The van der Waals surface area contributed by atoms with Gasteiger partial charge in [-0.05, 0) is 24.6 Å². The summed E-state index contributed by atoms with van der Waals surface area (Å²) in [6.07, 6.45) is 0. The highest BCUT2D eigenvalue weighted by atomic mass is 32.2. The molecule has 10 heteroatoms. The van der Waals surface area contributed by atoms with Crippen LogP contribution in [-0.2, 0) is 9.53 Å².